The quantitative estimate of drug-likeness (QED) is 0.873. The molecule has 0 amide bonds. The Hall–Kier alpha value is -1.35. The number of nitrogens with zero attached hydrogens (tertiary/aromatic N) is 2. The summed E-state index contributed by atoms with van der Waals surface area (Å²) in [5, 5.41) is 3.56. The van der Waals surface area contributed by atoms with E-state index in [1.165, 1.54) is 18.5 Å². The van der Waals surface area contributed by atoms with Crippen molar-refractivity contribution < 1.29 is 0 Å². The first-order valence-corrected chi connectivity index (χ1v) is 6.31. The van der Waals surface area contributed by atoms with Gasteiger partial charge in [0.2, 0.25) is 0 Å². The molecule has 0 aliphatic heterocycles. The van der Waals surface area contributed by atoms with Gasteiger partial charge in [-0.25, -0.2) is 4.98 Å². The largest absolute Gasteiger partial charge is 0.311 e. The zero-order chi connectivity index (χ0) is 11.9. The number of aromatic nitrogens is 2. The zero-order valence-electron chi connectivity index (χ0n) is 10.5. The second kappa shape index (κ2) is 3.84. The summed E-state index contributed by atoms with van der Waals surface area (Å²) in [7, 11) is 0. The Morgan fingerprint density at radius 3 is 3.00 bits per heavy atom. The number of pyridine rings is 1. The van der Waals surface area contributed by atoms with E-state index in [9.17, 15) is 0 Å². The molecule has 90 valence electrons. The fourth-order valence-electron chi connectivity index (χ4n) is 2.25. The first kappa shape index (κ1) is 10.8. The van der Waals surface area contributed by atoms with Crippen molar-refractivity contribution in [1.29, 1.82) is 0 Å². The molecule has 3 nitrogen and oxygen atoms in total. The third-order valence-electron chi connectivity index (χ3n) is 3.78. The molecule has 3 rings (SSSR count). The van der Waals surface area contributed by atoms with Crippen molar-refractivity contribution in [2.45, 2.75) is 33.2 Å². The summed E-state index contributed by atoms with van der Waals surface area (Å²) in [5.74, 6) is 0. The molecule has 0 aromatic carbocycles. The van der Waals surface area contributed by atoms with Crippen LogP contribution in [0.15, 0.2) is 24.4 Å². The lowest BCUT2D eigenvalue weighted by atomic mass is 10.1. The smallest absolute Gasteiger partial charge is 0.137 e. The van der Waals surface area contributed by atoms with Crippen molar-refractivity contribution in [2.75, 3.05) is 6.54 Å². The Balaban J connectivity index is 1.77. The molecule has 1 fully saturated rings. The summed E-state index contributed by atoms with van der Waals surface area (Å²) in [4.78, 5) is 4.57. The third-order valence-corrected chi connectivity index (χ3v) is 3.78. The van der Waals surface area contributed by atoms with Crippen LogP contribution >= 0.6 is 0 Å². The summed E-state index contributed by atoms with van der Waals surface area (Å²) in [5.41, 5.74) is 4.02. The van der Waals surface area contributed by atoms with Gasteiger partial charge >= 0.3 is 0 Å². The third kappa shape index (κ3) is 2.07. The minimum atomic E-state index is 0.564. The van der Waals surface area contributed by atoms with Gasteiger partial charge < -0.3 is 9.72 Å². The van der Waals surface area contributed by atoms with Gasteiger partial charge in [0, 0.05) is 19.3 Å². The topological polar surface area (TPSA) is 29.3 Å². The summed E-state index contributed by atoms with van der Waals surface area (Å²) >= 11 is 0. The highest BCUT2D eigenvalue weighted by molar-refractivity contribution is 5.42. The molecule has 1 aliphatic rings. The molecule has 2 heterocycles. The highest BCUT2D eigenvalue weighted by atomic mass is 15.0. The Labute approximate surface area is 102 Å². The monoisotopic (exact) mass is 229 g/mol. The number of fused-ring (bicyclic) bond motifs is 1. The number of imidazole rings is 1. The Kier molecular flexibility index (Phi) is 2.44. The average molecular weight is 229 g/mol. The predicted octanol–water partition coefficient (Wildman–Crippen LogP) is 2.53. The molecule has 0 unspecified atom stereocenters. The SMILES string of the molecule is Cc1nc2ccccn2c1CNCC1(C)CC1. The van der Waals surface area contributed by atoms with Crippen LogP contribution in [0.25, 0.3) is 5.65 Å². The molecule has 1 saturated carbocycles. The number of hydrogen-bond acceptors (Lipinski definition) is 2. The van der Waals surface area contributed by atoms with Gasteiger partial charge in [0.05, 0.1) is 11.4 Å². The van der Waals surface area contributed by atoms with Crippen molar-refractivity contribution in [3.05, 3.63) is 35.8 Å². The first-order valence-electron chi connectivity index (χ1n) is 6.31. The summed E-state index contributed by atoms with van der Waals surface area (Å²) < 4.78 is 2.18. The number of nitrogens with one attached hydrogen (secondary N) is 1. The maximum atomic E-state index is 4.57. The minimum Gasteiger partial charge on any atom is -0.311 e. The van der Waals surface area contributed by atoms with E-state index >= 15 is 0 Å². The lowest BCUT2D eigenvalue weighted by Crippen LogP contribution is -2.22. The van der Waals surface area contributed by atoms with Gasteiger partial charge in [0.15, 0.2) is 0 Å². The number of hydrogen-bond donors (Lipinski definition) is 1. The average Bonchev–Trinajstić information content (AvgIpc) is 2.95. The highest BCUT2D eigenvalue weighted by Gasteiger charge is 2.36. The molecule has 1 aliphatic carbocycles. The van der Waals surface area contributed by atoms with Crippen molar-refractivity contribution in [3.63, 3.8) is 0 Å². The molecule has 0 radical (unpaired) electrons. The second-order valence-electron chi connectivity index (χ2n) is 5.49. The Morgan fingerprint density at radius 2 is 2.24 bits per heavy atom. The fraction of sp³-hybridized carbons (Fsp3) is 0.500. The van der Waals surface area contributed by atoms with E-state index in [-0.39, 0.29) is 0 Å². The van der Waals surface area contributed by atoms with Gasteiger partial charge in [-0.2, -0.15) is 0 Å². The van der Waals surface area contributed by atoms with E-state index in [1.807, 2.05) is 6.07 Å². The molecular weight excluding hydrogens is 210 g/mol. The van der Waals surface area contributed by atoms with E-state index in [4.69, 9.17) is 0 Å². The van der Waals surface area contributed by atoms with Crippen LogP contribution in [0.2, 0.25) is 0 Å². The number of rotatable bonds is 4. The highest BCUT2D eigenvalue weighted by Crippen LogP contribution is 2.44. The van der Waals surface area contributed by atoms with Crippen LogP contribution in [-0.2, 0) is 6.54 Å². The molecule has 1 N–H and O–H groups in total. The van der Waals surface area contributed by atoms with Gasteiger partial charge in [-0.1, -0.05) is 13.0 Å². The summed E-state index contributed by atoms with van der Waals surface area (Å²) in [6, 6.07) is 6.14. The van der Waals surface area contributed by atoms with Crippen LogP contribution in [0.5, 0.6) is 0 Å². The molecule has 0 atom stereocenters. The van der Waals surface area contributed by atoms with Crippen LogP contribution in [0.1, 0.15) is 31.2 Å². The van der Waals surface area contributed by atoms with Crippen molar-refractivity contribution in [3.8, 4) is 0 Å². The van der Waals surface area contributed by atoms with Gasteiger partial charge in [0.1, 0.15) is 5.65 Å². The van der Waals surface area contributed by atoms with Crippen LogP contribution in [0.4, 0.5) is 0 Å². The van der Waals surface area contributed by atoms with Crippen LogP contribution < -0.4 is 5.32 Å². The van der Waals surface area contributed by atoms with Crippen molar-refractivity contribution >= 4 is 5.65 Å². The van der Waals surface area contributed by atoms with Crippen molar-refractivity contribution in [1.82, 2.24) is 14.7 Å². The molecule has 0 spiro atoms. The standard InChI is InChI=1S/C14H19N3/c1-11-12(9-15-10-14(2)6-7-14)17-8-4-3-5-13(17)16-11/h3-5,8,15H,6-7,9-10H2,1-2H3. The molecule has 0 saturated heterocycles. The lowest BCUT2D eigenvalue weighted by molar-refractivity contribution is 0.495. The fourth-order valence-corrected chi connectivity index (χ4v) is 2.25. The normalized spacial score (nSPS) is 17.5. The van der Waals surface area contributed by atoms with Crippen molar-refractivity contribution in [2.24, 2.45) is 5.41 Å². The Morgan fingerprint density at radius 1 is 1.41 bits per heavy atom. The molecule has 3 heteroatoms. The maximum Gasteiger partial charge on any atom is 0.137 e. The van der Waals surface area contributed by atoms with Crippen LogP contribution in [-0.4, -0.2) is 15.9 Å². The van der Waals surface area contributed by atoms with Gasteiger partial charge in [0.25, 0.3) is 0 Å². The van der Waals surface area contributed by atoms with Gasteiger partial charge in [-0.3, -0.25) is 0 Å². The van der Waals surface area contributed by atoms with E-state index in [0.29, 0.717) is 5.41 Å². The van der Waals surface area contributed by atoms with E-state index in [0.717, 1.165) is 24.4 Å². The van der Waals surface area contributed by atoms with Gasteiger partial charge in [-0.15, -0.1) is 0 Å². The predicted molar refractivity (Wildman–Crippen MR) is 69.0 cm³/mol. The van der Waals surface area contributed by atoms with Crippen LogP contribution in [0.3, 0.4) is 0 Å². The van der Waals surface area contributed by atoms with Gasteiger partial charge in [-0.05, 0) is 37.3 Å². The second-order valence-corrected chi connectivity index (χ2v) is 5.49. The maximum absolute atomic E-state index is 4.57. The molecule has 17 heavy (non-hydrogen) atoms. The molecular formula is C14H19N3. The first-order chi connectivity index (χ1) is 8.18. The van der Waals surface area contributed by atoms with E-state index < -0.39 is 0 Å². The molecule has 0 bridgehead atoms. The van der Waals surface area contributed by atoms with Crippen LogP contribution in [0, 0.1) is 12.3 Å². The minimum absolute atomic E-state index is 0.564. The molecule has 2 aromatic rings. The number of aryl methyl sites for hydroxylation is 1. The van der Waals surface area contributed by atoms with E-state index in [2.05, 4.69) is 46.9 Å². The molecule has 2 aromatic heterocycles. The zero-order valence-corrected chi connectivity index (χ0v) is 10.5. The summed E-state index contributed by atoms with van der Waals surface area (Å²) in [6.45, 7) is 6.46. The lowest BCUT2D eigenvalue weighted by Gasteiger charge is -2.10. The summed E-state index contributed by atoms with van der Waals surface area (Å²) in [6.07, 6.45) is 4.82. The van der Waals surface area contributed by atoms with E-state index in [1.54, 1.807) is 0 Å². The Bertz CT molecular complexity index is 537.